The summed E-state index contributed by atoms with van der Waals surface area (Å²) in [6, 6.07) is 3.76. The van der Waals surface area contributed by atoms with Crippen LogP contribution in [0.1, 0.15) is 16.7 Å². The van der Waals surface area contributed by atoms with Gasteiger partial charge in [0.05, 0.1) is 5.56 Å². The van der Waals surface area contributed by atoms with Gasteiger partial charge in [0.1, 0.15) is 11.8 Å². The molecule has 0 spiro atoms. The molecule has 0 bridgehead atoms. The molecule has 0 fully saturated rings. The Morgan fingerprint density at radius 3 is 2.58 bits per heavy atom. The van der Waals surface area contributed by atoms with Crippen molar-refractivity contribution in [1.29, 1.82) is 5.26 Å². The van der Waals surface area contributed by atoms with Crippen molar-refractivity contribution in [3.63, 3.8) is 0 Å². The van der Waals surface area contributed by atoms with Crippen molar-refractivity contribution in [2.45, 2.75) is 13.8 Å². The molecule has 0 aliphatic heterocycles. The lowest BCUT2D eigenvalue weighted by Gasteiger charge is -2.05. The molecule has 1 aromatic rings. The first-order valence-electron chi connectivity index (χ1n) is 3.46. The van der Waals surface area contributed by atoms with Crippen LogP contribution in [-0.2, 0) is 0 Å². The van der Waals surface area contributed by atoms with Crippen LogP contribution in [0, 0.1) is 25.2 Å². The van der Waals surface area contributed by atoms with Crippen LogP contribution in [0.4, 0.5) is 0 Å². The average Bonchev–Trinajstić information content (AvgIpc) is 2.02. The Morgan fingerprint density at radius 1 is 1.50 bits per heavy atom. The lowest BCUT2D eigenvalue weighted by atomic mass is 10.1. The maximum Gasteiger partial charge on any atom is 0.136 e. The summed E-state index contributed by atoms with van der Waals surface area (Å²) in [5.41, 5.74) is 1.84. The van der Waals surface area contributed by atoms with E-state index in [1.807, 2.05) is 6.07 Å². The van der Waals surface area contributed by atoms with E-state index in [9.17, 15) is 5.11 Å². The third-order valence-corrected chi connectivity index (χ3v) is 2.62. The van der Waals surface area contributed by atoms with Gasteiger partial charge in [0.15, 0.2) is 0 Å². The number of aryl methyl sites for hydroxylation is 1. The highest BCUT2D eigenvalue weighted by Crippen LogP contribution is 2.30. The number of hydrogen-bond donors (Lipinski definition) is 1. The van der Waals surface area contributed by atoms with Gasteiger partial charge in [-0.3, -0.25) is 0 Å². The van der Waals surface area contributed by atoms with Crippen LogP contribution in [0.15, 0.2) is 10.5 Å². The topological polar surface area (TPSA) is 44.0 Å². The summed E-state index contributed by atoms with van der Waals surface area (Å²) in [4.78, 5) is 0. The Kier molecular flexibility index (Phi) is 2.39. The average molecular weight is 226 g/mol. The number of phenolic OH excluding ortho intramolecular Hbond substituents is 1. The molecule has 0 atom stereocenters. The minimum atomic E-state index is 0.0817. The van der Waals surface area contributed by atoms with Gasteiger partial charge in [0, 0.05) is 4.47 Å². The maximum absolute atomic E-state index is 9.46. The van der Waals surface area contributed by atoms with Crippen LogP contribution >= 0.6 is 15.9 Å². The molecule has 0 saturated heterocycles. The van der Waals surface area contributed by atoms with Crippen molar-refractivity contribution in [3.05, 3.63) is 27.2 Å². The fourth-order valence-corrected chi connectivity index (χ4v) is 1.54. The molecule has 1 rings (SSSR count). The Balaban J connectivity index is 3.56. The number of halogens is 1. The molecule has 0 saturated carbocycles. The van der Waals surface area contributed by atoms with Crippen LogP contribution in [0.3, 0.4) is 0 Å². The SMILES string of the molecule is Cc1cc(Br)c(C)c(C#N)c1O. The summed E-state index contributed by atoms with van der Waals surface area (Å²) >= 11 is 3.31. The van der Waals surface area contributed by atoms with Crippen LogP contribution in [0.2, 0.25) is 0 Å². The van der Waals surface area contributed by atoms with Gasteiger partial charge in [0.25, 0.3) is 0 Å². The number of rotatable bonds is 0. The standard InChI is InChI=1S/C9H8BrNO/c1-5-3-8(10)6(2)7(4-11)9(5)12/h3,12H,1-2H3. The van der Waals surface area contributed by atoms with Gasteiger partial charge < -0.3 is 5.11 Å². The highest BCUT2D eigenvalue weighted by molar-refractivity contribution is 9.10. The van der Waals surface area contributed by atoms with Crippen LogP contribution in [0.5, 0.6) is 5.75 Å². The van der Waals surface area contributed by atoms with Crippen molar-refractivity contribution in [2.75, 3.05) is 0 Å². The fraction of sp³-hybridized carbons (Fsp3) is 0.222. The number of nitrogens with zero attached hydrogens (tertiary/aromatic N) is 1. The van der Waals surface area contributed by atoms with E-state index in [2.05, 4.69) is 15.9 Å². The number of hydrogen-bond acceptors (Lipinski definition) is 2. The zero-order chi connectivity index (χ0) is 9.30. The number of benzene rings is 1. The summed E-state index contributed by atoms with van der Waals surface area (Å²) in [7, 11) is 0. The monoisotopic (exact) mass is 225 g/mol. The number of aromatic hydroxyl groups is 1. The van der Waals surface area contributed by atoms with E-state index in [1.54, 1.807) is 19.9 Å². The predicted molar refractivity (Wildman–Crippen MR) is 50.0 cm³/mol. The quantitative estimate of drug-likeness (QED) is 0.738. The molecule has 0 radical (unpaired) electrons. The second kappa shape index (κ2) is 3.16. The second-order valence-electron chi connectivity index (χ2n) is 2.64. The molecule has 1 N–H and O–H groups in total. The Morgan fingerprint density at radius 2 is 2.08 bits per heavy atom. The lowest BCUT2D eigenvalue weighted by Crippen LogP contribution is -1.88. The Hall–Kier alpha value is -1.01. The van der Waals surface area contributed by atoms with E-state index in [0.717, 1.165) is 10.0 Å². The Labute approximate surface area is 79.6 Å². The van der Waals surface area contributed by atoms with Gasteiger partial charge in [-0.25, -0.2) is 0 Å². The summed E-state index contributed by atoms with van der Waals surface area (Å²) in [5.74, 6) is 0.0817. The molecule has 1 aromatic carbocycles. The fourth-order valence-electron chi connectivity index (χ4n) is 0.998. The molecule has 0 aliphatic carbocycles. The second-order valence-corrected chi connectivity index (χ2v) is 3.49. The third-order valence-electron chi connectivity index (χ3n) is 1.80. The third kappa shape index (κ3) is 1.30. The van der Waals surface area contributed by atoms with E-state index in [4.69, 9.17) is 5.26 Å². The van der Waals surface area contributed by atoms with Gasteiger partial charge in [-0.2, -0.15) is 5.26 Å². The smallest absolute Gasteiger partial charge is 0.136 e. The van der Waals surface area contributed by atoms with E-state index in [-0.39, 0.29) is 5.75 Å². The molecule has 0 aromatic heterocycles. The summed E-state index contributed by atoms with van der Waals surface area (Å²) in [6.07, 6.45) is 0. The first kappa shape index (κ1) is 9.08. The van der Waals surface area contributed by atoms with Crippen molar-refractivity contribution in [3.8, 4) is 11.8 Å². The van der Waals surface area contributed by atoms with Crippen LogP contribution in [0.25, 0.3) is 0 Å². The molecule has 0 unspecified atom stereocenters. The van der Waals surface area contributed by atoms with Gasteiger partial charge in [-0.1, -0.05) is 15.9 Å². The zero-order valence-corrected chi connectivity index (χ0v) is 8.44. The van der Waals surface area contributed by atoms with Gasteiger partial charge in [-0.05, 0) is 31.0 Å². The van der Waals surface area contributed by atoms with Crippen LogP contribution < -0.4 is 0 Å². The molecule has 0 amide bonds. The molecule has 12 heavy (non-hydrogen) atoms. The first-order chi connectivity index (χ1) is 5.57. The van der Waals surface area contributed by atoms with Crippen molar-refractivity contribution >= 4 is 15.9 Å². The van der Waals surface area contributed by atoms with Crippen molar-refractivity contribution < 1.29 is 5.11 Å². The molecule has 3 heteroatoms. The van der Waals surface area contributed by atoms with Crippen LogP contribution in [-0.4, -0.2) is 5.11 Å². The normalized spacial score (nSPS) is 9.50. The maximum atomic E-state index is 9.46. The first-order valence-corrected chi connectivity index (χ1v) is 4.26. The molecular formula is C9H8BrNO. The summed E-state index contributed by atoms with van der Waals surface area (Å²) in [6.45, 7) is 3.56. The zero-order valence-electron chi connectivity index (χ0n) is 6.85. The van der Waals surface area contributed by atoms with E-state index in [0.29, 0.717) is 11.1 Å². The predicted octanol–water partition coefficient (Wildman–Crippen LogP) is 2.64. The molecular weight excluding hydrogens is 218 g/mol. The molecule has 0 heterocycles. The Bertz CT molecular complexity index is 340. The van der Waals surface area contributed by atoms with Gasteiger partial charge >= 0.3 is 0 Å². The minimum absolute atomic E-state index is 0.0817. The lowest BCUT2D eigenvalue weighted by molar-refractivity contribution is 0.468. The number of phenols is 1. The largest absolute Gasteiger partial charge is 0.506 e. The summed E-state index contributed by atoms with van der Waals surface area (Å²) in [5, 5.41) is 18.2. The number of nitriles is 1. The van der Waals surface area contributed by atoms with Gasteiger partial charge in [0.2, 0.25) is 0 Å². The van der Waals surface area contributed by atoms with Crippen molar-refractivity contribution in [2.24, 2.45) is 0 Å². The van der Waals surface area contributed by atoms with Crippen molar-refractivity contribution in [1.82, 2.24) is 0 Å². The highest BCUT2D eigenvalue weighted by atomic mass is 79.9. The molecule has 2 nitrogen and oxygen atoms in total. The minimum Gasteiger partial charge on any atom is -0.506 e. The highest BCUT2D eigenvalue weighted by Gasteiger charge is 2.09. The van der Waals surface area contributed by atoms with E-state index < -0.39 is 0 Å². The van der Waals surface area contributed by atoms with Gasteiger partial charge in [-0.15, -0.1) is 0 Å². The van der Waals surface area contributed by atoms with E-state index >= 15 is 0 Å². The summed E-state index contributed by atoms with van der Waals surface area (Å²) < 4.78 is 0.856. The molecule has 0 aliphatic rings. The van der Waals surface area contributed by atoms with E-state index in [1.165, 1.54) is 0 Å². The molecule has 62 valence electrons.